The van der Waals surface area contributed by atoms with Crippen LogP contribution < -0.4 is 10.2 Å². The number of pyridine rings is 1. The molecule has 1 aromatic carbocycles. The molecule has 2 aliphatic carbocycles. The largest absolute Gasteiger partial charge is 0.416 e. The summed E-state index contributed by atoms with van der Waals surface area (Å²) in [5, 5.41) is 11.7. The number of fused-ring (bicyclic) bond motifs is 1. The van der Waals surface area contributed by atoms with Crippen molar-refractivity contribution in [1.82, 2.24) is 25.1 Å². The number of carbonyl (C=O) groups is 1. The van der Waals surface area contributed by atoms with E-state index in [0.717, 1.165) is 49.2 Å². The lowest BCUT2D eigenvalue weighted by Crippen LogP contribution is -2.49. The average Bonchev–Trinajstić information content (AvgIpc) is 3.60. The molecule has 4 aliphatic rings. The number of amides is 1. The second-order valence-electron chi connectivity index (χ2n) is 12.5. The van der Waals surface area contributed by atoms with E-state index in [9.17, 15) is 18.0 Å². The predicted octanol–water partition coefficient (Wildman–Crippen LogP) is 4.81. The fourth-order valence-electron chi connectivity index (χ4n) is 6.27. The lowest BCUT2D eigenvalue weighted by molar-refractivity contribution is -0.138. The van der Waals surface area contributed by atoms with E-state index >= 15 is 0 Å². The van der Waals surface area contributed by atoms with Gasteiger partial charge in [0, 0.05) is 48.1 Å². The molecule has 0 radical (unpaired) electrons. The first-order valence-corrected chi connectivity index (χ1v) is 14.3. The van der Waals surface area contributed by atoms with Gasteiger partial charge in [-0.3, -0.25) is 9.69 Å². The van der Waals surface area contributed by atoms with Crippen LogP contribution in [0.5, 0.6) is 0 Å². The number of carbonyl (C=O) groups excluding carboxylic acids is 1. The zero-order valence-electron chi connectivity index (χ0n) is 23.2. The summed E-state index contributed by atoms with van der Waals surface area (Å²) >= 11 is 0. The number of hydrogen-bond donors (Lipinski definition) is 1. The third-order valence-electron chi connectivity index (χ3n) is 9.36. The van der Waals surface area contributed by atoms with Crippen LogP contribution in [0.1, 0.15) is 89.1 Å². The summed E-state index contributed by atoms with van der Waals surface area (Å²) in [5.74, 6) is 1.05. The van der Waals surface area contributed by atoms with Crippen LogP contribution in [-0.2, 0) is 42.9 Å². The van der Waals surface area contributed by atoms with E-state index in [4.69, 9.17) is 9.72 Å². The normalized spacial score (nSPS) is 21.0. The highest BCUT2D eigenvalue weighted by molar-refractivity contribution is 6.10. The number of benzene rings is 1. The van der Waals surface area contributed by atoms with E-state index in [1.54, 1.807) is 12.4 Å². The Hall–Kier alpha value is -3.31. The molecule has 8 nitrogen and oxygen atoms in total. The van der Waals surface area contributed by atoms with Crippen LogP contribution in [0.3, 0.4) is 0 Å². The molecule has 0 atom stereocenters. The summed E-state index contributed by atoms with van der Waals surface area (Å²) < 4.78 is 50.5. The minimum atomic E-state index is -4.57. The number of hydrogen-bond acceptors (Lipinski definition) is 6. The van der Waals surface area contributed by atoms with Gasteiger partial charge in [0.05, 0.1) is 25.3 Å². The molecule has 41 heavy (non-hydrogen) atoms. The number of aromatic nitrogens is 4. The third-order valence-corrected chi connectivity index (χ3v) is 9.36. The van der Waals surface area contributed by atoms with Crippen LogP contribution in [0.2, 0.25) is 0 Å². The van der Waals surface area contributed by atoms with Gasteiger partial charge in [0.25, 0.3) is 5.91 Å². The Morgan fingerprint density at radius 1 is 1.15 bits per heavy atom. The van der Waals surface area contributed by atoms with Gasteiger partial charge < -0.3 is 14.6 Å². The fraction of sp³-hybridized carbons (Fsp3) is 0.533. The monoisotopic (exact) mass is 566 g/mol. The number of ether oxygens (including phenoxy) is 1. The molecule has 216 valence electrons. The quantitative estimate of drug-likeness (QED) is 0.421. The first kappa shape index (κ1) is 26.6. The molecule has 1 N–H and O–H groups in total. The maximum Gasteiger partial charge on any atom is 0.416 e. The molecular weight excluding hydrogens is 533 g/mol. The first-order valence-electron chi connectivity index (χ1n) is 14.3. The van der Waals surface area contributed by atoms with Crippen molar-refractivity contribution < 1.29 is 22.7 Å². The fourth-order valence-corrected chi connectivity index (χ4v) is 6.27. The molecule has 4 heterocycles. The molecule has 3 aromatic rings. The van der Waals surface area contributed by atoms with Crippen molar-refractivity contribution in [3.63, 3.8) is 0 Å². The summed E-state index contributed by atoms with van der Waals surface area (Å²) in [6.07, 6.45) is 2.78. The zero-order valence-corrected chi connectivity index (χ0v) is 23.2. The van der Waals surface area contributed by atoms with Gasteiger partial charge in [0.15, 0.2) is 0 Å². The van der Waals surface area contributed by atoms with Crippen LogP contribution in [0.25, 0.3) is 0 Å². The van der Waals surface area contributed by atoms with Gasteiger partial charge in [-0.25, -0.2) is 4.98 Å². The number of alkyl halides is 3. The lowest BCUT2D eigenvalue weighted by Gasteiger charge is -2.42. The Morgan fingerprint density at radius 2 is 1.93 bits per heavy atom. The van der Waals surface area contributed by atoms with Crippen LogP contribution in [0.15, 0.2) is 30.6 Å². The Labute approximate surface area is 236 Å². The van der Waals surface area contributed by atoms with Crippen molar-refractivity contribution in [2.75, 3.05) is 18.1 Å². The number of nitrogens with zero attached hydrogens (tertiary/aromatic N) is 5. The van der Waals surface area contributed by atoms with Crippen molar-refractivity contribution in [3.05, 3.63) is 69.9 Å². The number of rotatable bonds is 8. The van der Waals surface area contributed by atoms with Crippen LogP contribution in [0, 0.1) is 0 Å². The molecule has 0 bridgehead atoms. The Morgan fingerprint density at radius 3 is 2.51 bits per heavy atom. The molecule has 2 saturated carbocycles. The van der Waals surface area contributed by atoms with Gasteiger partial charge in [0.1, 0.15) is 18.0 Å². The average molecular weight is 567 g/mol. The number of aryl methyl sites for hydroxylation is 1. The molecule has 7 rings (SSSR count). The minimum absolute atomic E-state index is 0.0158. The predicted molar refractivity (Wildman–Crippen MR) is 144 cm³/mol. The van der Waals surface area contributed by atoms with Gasteiger partial charge in [0.2, 0.25) is 0 Å². The van der Waals surface area contributed by atoms with Crippen molar-refractivity contribution in [2.24, 2.45) is 7.05 Å². The highest BCUT2D eigenvalue weighted by Crippen LogP contribution is 2.45. The molecule has 0 spiro atoms. The molecule has 11 heteroatoms. The molecule has 1 amide bonds. The Kier molecular flexibility index (Phi) is 6.06. The van der Waals surface area contributed by atoms with Gasteiger partial charge in [-0.05, 0) is 80.0 Å². The highest BCUT2D eigenvalue weighted by Gasteiger charge is 2.45. The second kappa shape index (κ2) is 9.35. The van der Waals surface area contributed by atoms with Crippen molar-refractivity contribution in [1.29, 1.82) is 0 Å². The highest BCUT2D eigenvalue weighted by atomic mass is 19.4. The zero-order chi connectivity index (χ0) is 28.6. The molecular formula is C30H33F3N6O2. The smallest absolute Gasteiger partial charge is 0.379 e. The van der Waals surface area contributed by atoms with Gasteiger partial charge >= 0.3 is 6.18 Å². The minimum Gasteiger partial charge on any atom is -0.379 e. The summed E-state index contributed by atoms with van der Waals surface area (Å²) in [5.41, 5.74) is 1.25. The molecule has 0 unspecified atom stereocenters. The SMILES string of the molecule is Cn1cnnc1CC1(c2cc(C3CC3)nc(N3Cc4c(cc(CNC5(C)CCC5)cc4C(F)(F)F)C3=O)c2)COC1. The van der Waals surface area contributed by atoms with E-state index in [2.05, 4.69) is 28.5 Å². The van der Waals surface area contributed by atoms with E-state index < -0.39 is 17.6 Å². The first-order chi connectivity index (χ1) is 19.5. The Balaban J connectivity index is 1.25. The maximum absolute atomic E-state index is 14.3. The van der Waals surface area contributed by atoms with Gasteiger partial charge in [-0.2, -0.15) is 13.2 Å². The summed E-state index contributed by atoms with van der Waals surface area (Å²) in [7, 11) is 1.89. The topological polar surface area (TPSA) is 85.2 Å². The third kappa shape index (κ3) is 4.72. The second-order valence-corrected chi connectivity index (χ2v) is 12.5. The molecule has 3 fully saturated rings. The van der Waals surface area contributed by atoms with Crippen LogP contribution in [-0.4, -0.2) is 44.4 Å². The van der Waals surface area contributed by atoms with Gasteiger partial charge in [-0.1, -0.05) is 0 Å². The number of nitrogens with one attached hydrogen (secondary N) is 1. The van der Waals surface area contributed by atoms with Crippen molar-refractivity contribution in [2.45, 2.75) is 81.6 Å². The summed E-state index contributed by atoms with van der Waals surface area (Å²) in [6.45, 7) is 3.16. The van der Waals surface area contributed by atoms with Crippen molar-refractivity contribution in [3.8, 4) is 0 Å². The van der Waals surface area contributed by atoms with Gasteiger partial charge in [-0.15, -0.1) is 10.2 Å². The molecule has 2 aromatic heterocycles. The van der Waals surface area contributed by atoms with E-state index in [0.29, 0.717) is 31.0 Å². The Bertz CT molecular complexity index is 1520. The van der Waals surface area contributed by atoms with E-state index in [1.165, 1.54) is 11.0 Å². The summed E-state index contributed by atoms with van der Waals surface area (Å²) in [6, 6.07) is 6.77. The van der Waals surface area contributed by atoms with Crippen LogP contribution >= 0.6 is 0 Å². The lowest BCUT2D eigenvalue weighted by atomic mass is 9.75. The summed E-state index contributed by atoms with van der Waals surface area (Å²) in [4.78, 5) is 20.0. The molecule has 1 saturated heterocycles. The number of halogens is 3. The van der Waals surface area contributed by atoms with Crippen LogP contribution in [0.4, 0.5) is 19.0 Å². The maximum atomic E-state index is 14.3. The molecule has 2 aliphatic heterocycles. The number of anilines is 1. The van der Waals surface area contributed by atoms with Crippen molar-refractivity contribution >= 4 is 11.7 Å². The standard InChI is InChI=1S/C30H33F3N6O2/c1-28(6-3-7-28)34-13-18-8-21-22(23(9-18)30(31,32)33)14-39(27(21)40)25-11-20(10-24(36-25)19-4-5-19)29(15-41-16-29)12-26-37-35-17-38(26)2/h8-11,17,19,34H,3-7,12-16H2,1-2H3. The van der Waals surface area contributed by atoms with E-state index in [-0.39, 0.29) is 41.1 Å². The van der Waals surface area contributed by atoms with E-state index in [1.807, 2.05) is 17.7 Å².